The van der Waals surface area contributed by atoms with Crippen LogP contribution in [0.2, 0.25) is 5.02 Å². The van der Waals surface area contributed by atoms with Crippen molar-refractivity contribution in [2.75, 3.05) is 11.9 Å². The van der Waals surface area contributed by atoms with E-state index in [1.54, 1.807) is 24.3 Å². The lowest BCUT2D eigenvalue weighted by atomic mass is 10.2. The minimum Gasteiger partial charge on any atom is -0.494 e. The van der Waals surface area contributed by atoms with Crippen LogP contribution in [0.3, 0.4) is 0 Å². The summed E-state index contributed by atoms with van der Waals surface area (Å²) in [6.07, 6.45) is 0.979. The Morgan fingerprint density at radius 3 is 2.64 bits per heavy atom. The second-order valence-corrected chi connectivity index (χ2v) is 5.25. The zero-order valence-corrected chi connectivity index (χ0v) is 13.2. The SMILES string of the molecule is CCCOc1ccc(CNC(=O)Nc2cccc(Cl)c2)cc1. The first-order valence-corrected chi connectivity index (χ1v) is 7.57. The van der Waals surface area contributed by atoms with E-state index in [0.717, 1.165) is 17.7 Å². The second-order valence-electron chi connectivity index (χ2n) is 4.81. The molecule has 0 radical (unpaired) electrons. The predicted octanol–water partition coefficient (Wildman–Crippen LogP) is 4.45. The van der Waals surface area contributed by atoms with E-state index in [1.807, 2.05) is 24.3 Å². The van der Waals surface area contributed by atoms with Crippen molar-refractivity contribution in [1.82, 2.24) is 5.32 Å². The number of nitrogens with one attached hydrogen (secondary N) is 2. The normalized spacial score (nSPS) is 10.1. The molecule has 0 heterocycles. The molecule has 0 aliphatic rings. The predicted molar refractivity (Wildman–Crippen MR) is 89.5 cm³/mol. The van der Waals surface area contributed by atoms with Gasteiger partial charge in [-0.2, -0.15) is 0 Å². The maximum Gasteiger partial charge on any atom is 0.319 e. The molecule has 5 heteroatoms. The molecule has 2 aromatic rings. The van der Waals surface area contributed by atoms with Crippen LogP contribution >= 0.6 is 11.6 Å². The number of benzene rings is 2. The van der Waals surface area contributed by atoms with Crippen LogP contribution in [0, 0.1) is 0 Å². The van der Waals surface area contributed by atoms with Crippen LogP contribution in [0.1, 0.15) is 18.9 Å². The Kier molecular flexibility index (Phi) is 6.10. The van der Waals surface area contributed by atoms with E-state index in [0.29, 0.717) is 23.9 Å². The van der Waals surface area contributed by atoms with Crippen LogP contribution in [-0.2, 0) is 6.54 Å². The van der Waals surface area contributed by atoms with Crippen LogP contribution in [-0.4, -0.2) is 12.6 Å². The monoisotopic (exact) mass is 318 g/mol. The second kappa shape index (κ2) is 8.29. The first-order valence-electron chi connectivity index (χ1n) is 7.19. The molecule has 2 rings (SSSR count). The van der Waals surface area contributed by atoms with Crippen molar-refractivity contribution in [3.63, 3.8) is 0 Å². The van der Waals surface area contributed by atoms with Crippen molar-refractivity contribution in [3.05, 3.63) is 59.1 Å². The van der Waals surface area contributed by atoms with Crippen molar-refractivity contribution < 1.29 is 9.53 Å². The van der Waals surface area contributed by atoms with Gasteiger partial charge in [-0.15, -0.1) is 0 Å². The first-order chi connectivity index (χ1) is 10.7. The minimum absolute atomic E-state index is 0.270. The molecule has 116 valence electrons. The summed E-state index contributed by atoms with van der Waals surface area (Å²) in [4.78, 5) is 11.8. The van der Waals surface area contributed by atoms with Gasteiger partial charge < -0.3 is 15.4 Å². The molecule has 0 saturated heterocycles. The zero-order valence-electron chi connectivity index (χ0n) is 12.4. The smallest absolute Gasteiger partial charge is 0.319 e. The molecule has 0 saturated carbocycles. The van der Waals surface area contributed by atoms with Crippen LogP contribution in [0.5, 0.6) is 5.75 Å². The molecule has 2 aromatic carbocycles. The number of urea groups is 1. The number of carbonyl (C=O) groups is 1. The third-order valence-corrected chi connectivity index (χ3v) is 3.17. The number of rotatable bonds is 6. The van der Waals surface area contributed by atoms with Gasteiger partial charge in [0, 0.05) is 17.3 Å². The highest BCUT2D eigenvalue weighted by Crippen LogP contribution is 2.15. The number of hydrogen-bond acceptors (Lipinski definition) is 2. The topological polar surface area (TPSA) is 50.4 Å². The van der Waals surface area contributed by atoms with Crippen molar-refractivity contribution in [2.45, 2.75) is 19.9 Å². The van der Waals surface area contributed by atoms with Gasteiger partial charge in [-0.3, -0.25) is 0 Å². The van der Waals surface area contributed by atoms with Crippen LogP contribution in [0.25, 0.3) is 0 Å². The summed E-state index contributed by atoms with van der Waals surface area (Å²) in [6.45, 7) is 3.22. The van der Waals surface area contributed by atoms with Crippen molar-refractivity contribution in [2.24, 2.45) is 0 Å². The Morgan fingerprint density at radius 2 is 1.95 bits per heavy atom. The summed E-state index contributed by atoms with van der Waals surface area (Å²) >= 11 is 5.87. The summed E-state index contributed by atoms with van der Waals surface area (Å²) in [7, 11) is 0. The molecule has 2 N–H and O–H groups in total. The van der Waals surface area contributed by atoms with Crippen LogP contribution < -0.4 is 15.4 Å². The molecule has 0 spiro atoms. The van der Waals surface area contributed by atoms with Crippen molar-refractivity contribution in [1.29, 1.82) is 0 Å². The molecular weight excluding hydrogens is 300 g/mol. The molecule has 2 amide bonds. The molecule has 0 aliphatic carbocycles. The van der Waals surface area contributed by atoms with E-state index >= 15 is 0 Å². The fourth-order valence-electron chi connectivity index (χ4n) is 1.85. The van der Waals surface area contributed by atoms with E-state index in [-0.39, 0.29) is 6.03 Å². The number of halogens is 1. The Bertz CT molecular complexity index is 614. The van der Waals surface area contributed by atoms with E-state index < -0.39 is 0 Å². The third kappa shape index (κ3) is 5.30. The zero-order chi connectivity index (χ0) is 15.8. The van der Waals surface area contributed by atoms with Crippen molar-refractivity contribution in [3.8, 4) is 5.75 Å². The lowest BCUT2D eigenvalue weighted by Gasteiger charge is -2.09. The maximum absolute atomic E-state index is 11.8. The summed E-state index contributed by atoms with van der Waals surface area (Å²) < 4.78 is 5.51. The number of anilines is 1. The minimum atomic E-state index is -0.270. The molecular formula is C17H19ClN2O2. The summed E-state index contributed by atoms with van der Waals surface area (Å²) in [6, 6.07) is 14.4. The fourth-order valence-corrected chi connectivity index (χ4v) is 2.04. The van der Waals surface area contributed by atoms with E-state index in [9.17, 15) is 4.79 Å². The average Bonchev–Trinajstić information content (AvgIpc) is 2.52. The van der Waals surface area contributed by atoms with Gasteiger partial charge in [0.1, 0.15) is 5.75 Å². The Morgan fingerprint density at radius 1 is 1.18 bits per heavy atom. The Hall–Kier alpha value is -2.20. The largest absolute Gasteiger partial charge is 0.494 e. The van der Waals surface area contributed by atoms with Gasteiger partial charge in [-0.25, -0.2) is 4.79 Å². The van der Waals surface area contributed by atoms with Gasteiger partial charge in [0.15, 0.2) is 0 Å². The number of ether oxygens (including phenoxy) is 1. The Labute approximate surface area is 135 Å². The summed E-state index contributed by atoms with van der Waals surface area (Å²) in [5.41, 5.74) is 1.67. The van der Waals surface area contributed by atoms with E-state index in [4.69, 9.17) is 16.3 Å². The number of hydrogen-bond donors (Lipinski definition) is 2. The highest BCUT2D eigenvalue weighted by molar-refractivity contribution is 6.30. The van der Waals surface area contributed by atoms with Gasteiger partial charge in [0.05, 0.1) is 6.61 Å². The van der Waals surface area contributed by atoms with Gasteiger partial charge in [0.25, 0.3) is 0 Å². The molecule has 0 aliphatic heterocycles. The first kappa shape index (κ1) is 16.2. The molecule has 22 heavy (non-hydrogen) atoms. The Balaban J connectivity index is 1.80. The molecule has 0 unspecified atom stereocenters. The quantitative estimate of drug-likeness (QED) is 0.826. The van der Waals surface area contributed by atoms with E-state index in [1.165, 1.54) is 0 Å². The third-order valence-electron chi connectivity index (χ3n) is 2.93. The molecule has 0 bridgehead atoms. The van der Waals surface area contributed by atoms with Gasteiger partial charge in [0.2, 0.25) is 0 Å². The number of carbonyl (C=O) groups excluding carboxylic acids is 1. The molecule has 4 nitrogen and oxygen atoms in total. The molecule has 0 atom stereocenters. The molecule has 0 aromatic heterocycles. The molecule has 0 fully saturated rings. The fraction of sp³-hybridized carbons (Fsp3) is 0.235. The summed E-state index contributed by atoms with van der Waals surface area (Å²) in [5, 5.41) is 6.11. The highest BCUT2D eigenvalue weighted by Gasteiger charge is 2.02. The van der Waals surface area contributed by atoms with Crippen LogP contribution in [0.15, 0.2) is 48.5 Å². The van der Waals surface area contributed by atoms with Crippen LogP contribution in [0.4, 0.5) is 10.5 Å². The van der Waals surface area contributed by atoms with Gasteiger partial charge in [-0.1, -0.05) is 36.7 Å². The lowest BCUT2D eigenvalue weighted by Crippen LogP contribution is -2.28. The average molecular weight is 319 g/mol. The highest BCUT2D eigenvalue weighted by atomic mass is 35.5. The maximum atomic E-state index is 11.8. The van der Waals surface area contributed by atoms with E-state index in [2.05, 4.69) is 17.6 Å². The summed E-state index contributed by atoms with van der Waals surface area (Å²) in [5.74, 6) is 0.842. The lowest BCUT2D eigenvalue weighted by molar-refractivity contribution is 0.251. The standard InChI is InChI=1S/C17H19ClN2O2/c1-2-10-22-16-8-6-13(7-9-16)12-19-17(21)20-15-5-3-4-14(18)11-15/h3-9,11H,2,10,12H2,1H3,(H2,19,20,21). The van der Waals surface area contributed by atoms with Crippen molar-refractivity contribution >= 4 is 23.3 Å². The van der Waals surface area contributed by atoms with Gasteiger partial charge in [-0.05, 0) is 42.3 Å². The number of amides is 2. The van der Waals surface area contributed by atoms with Gasteiger partial charge >= 0.3 is 6.03 Å².